The lowest BCUT2D eigenvalue weighted by molar-refractivity contribution is 0.340. The second-order valence-corrected chi connectivity index (χ2v) is 2.97. The minimum Gasteiger partial charge on any atom is -0.755 e. The molecule has 0 aliphatic carbocycles. The molecule has 1 N–H and O–H groups in total. The van der Waals surface area contributed by atoms with E-state index >= 15 is 0 Å². The van der Waals surface area contributed by atoms with Gasteiger partial charge in [0.25, 0.3) is 0 Å². The highest BCUT2D eigenvalue weighted by Gasteiger charge is 1.94. The van der Waals surface area contributed by atoms with E-state index < -0.39 is 11.3 Å². The third kappa shape index (κ3) is 3.43. The topological polar surface area (TPSA) is 61.4 Å². The van der Waals surface area contributed by atoms with E-state index in [-0.39, 0.29) is 0 Å². The number of ether oxygens (including phenoxy) is 1. The van der Waals surface area contributed by atoms with E-state index in [0.29, 0.717) is 18.0 Å². The third-order valence-electron chi connectivity index (χ3n) is 1.35. The van der Waals surface area contributed by atoms with E-state index in [2.05, 4.69) is 4.72 Å². The van der Waals surface area contributed by atoms with Gasteiger partial charge in [0.15, 0.2) is 0 Å². The van der Waals surface area contributed by atoms with Crippen molar-refractivity contribution in [3.05, 3.63) is 24.3 Å². The van der Waals surface area contributed by atoms with Crippen LogP contribution in [0.1, 0.15) is 6.92 Å². The highest BCUT2D eigenvalue weighted by Crippen LogP contribution is 2.17. The Morgan fingerprint density at radius 3 is 3.00 bits per heavy atom. The first-order chi connectivity index (χ1) is 6.22. The van der Waals surface area contributed by atoms with Gasteiger partial charge in [-0.05, 0) is 19.1 Å². The van der Waals surface area contributed by atoms with Crippen LogP contribution >= 0.6 is 0 Å². The molecule has 0 aliphatic rings. The van der Waals surface area contributed by atoms with E-state index in [1.165, 1.54) is 0 Å². The number of anilines is 1. The highest BCUT2D eigenvalue weighted by molar-refractivity contribution is 7.80. The summed E-state index contributed by atoms with van der Waals surface area (Å²) < 4.78 is 28.0. The van der Waals surface area contributed by atoms with Gasteiger partial charge in [0.05, 0.1) is 6.61 Å². The quantitative estimate of drug-likeness (QED) is 0.745. The molecule has 0 spiro atoms. The van der Waals surface area contributed by atoms with Crippen molar-refractivity contribution in [2.75, 3.05) is 11.3 Å². The van der Waals surface area contributed by atoms with Gasteiger partial charge in [0.1, 0.15) is 5.75 Å². The Morgan fingerprint density at radius 1 is 1.62 bits per heavy atom. The maximum absolute atomic E-state index is 10.3. The van der Waals surface area contributed by atoms with Gasteiger partial charge < -0.3 is 14.0 Å². The summed E-state index contributed by atoms with van der Waals surface area (Å²) >= 11 is -2.28. The molecular weight excluding hydrogens is 190 g/mol. The molecule has 0 saturated carbocycles. The van der Waals surface area contributed by atoms with Crippen LogP contribution in [0.2, 0.25) is 0 Å². The van der Waals surface area contributed by atoms with Crippen molar-refractivity contribution in [3.63, 3.8) is 0 Å². The summed E-state index contributed by atoms with van der Waals surface area (Å²) in [6, 6.07) is 6.76. The molecule has 1 unspecified atom stereocenters. The van der Waals surface area contributed by atoms with Crippen molar-refractivity contribution < 1.29 is 13.5 Å². The number of benzene rings is 1. The summed E-state index contributed by atoms with van der Waals surface area (Å²) in [5, 5.41) is 0. The van der Waals surface area contributed by atoms with Crippen LogP contribution in [0.25, 0.3) is 0 Å². The molecule has 0 aliphatic heterocycles. The first-order valence-corrected chi connectivity index (χ1v) is 4.88. The van der Waals surface area contributed by atoms with Gasteiger partial charge in [-0.1, -0.05) is 6.07 Å². The van der Waals surface area contributed by atoms with Crippen LogP contribution in [0.5, 0.6) is 5.75 Å². The van der Waals surface area contributed by atoms with E-state index in [0.717, 1.165) is 0 Å². The molecule has 1 atom stereocenters. The van der Waals surface area contributed by atoms with Crippen molar-refractivity contribution in [2.45, 2.75) is 6.92 Å². The lowest BCUT2D eigenvalue weighted by Gasteiger charge is -2.09. The lowest BCUT2D eigenvalue weighted by atomic mass is 10.3. The Hall–Kier alpha value is -1.07. The molecule has 0 saturated heterocycles. The van der Waals surface area contributed by atoms with Crippen molar-refractivity contribution in [1.29, 1.82) is 0 Å². The third-order valence-corrected chi connectivity index (χ3v) is 1.75. The van der Waals surface area contributed by atoms with Gasteiger partial charge in [-0.25, -0.2) is 0 Å². The van der Waals surface area contributed by atoms with Crippen LogP contribution in [0.3, 0.4) is 0 Å². The predicted octanol–water partition coefficient (Wildman–Crippen LogP) is 1.29. The number of hydrogen-bond acceptors (Lipinski definition) is 3. The maximum atomic E-state index is 10.3. The van der Waals surface area contributed by atoms with Gasteiger partial charge >= 0.3 is 0 Å². The van der Waals surface area contributed by atoms with E-state index in [4.69, 9.17) is 4.74 Å². The minimum atomic E-state index is -2.28. The van der Waals surface area contributed by atoms with Gasteiger partial charge in [0.2, 0.25) is 0 Å². The summed E-state index contributed by atoms with van der Waals surface area (Å²) in [5.41, 5.74) is 0.499. The fraction of sp³-hybridized carbons (Fsp3) is 0.250. The summed E-state index contributed by atoms with van der Waals surface area (Å²) in [5.74, 6) is 0.651. The first-order valence-electron chi connectivity index (χ1n) is 3.81. The van der Waals surface area contributed by atoms with Crippen molar-refractivity contribution >= 4 is 17.0 Å². The van der Waals surface area contributed by atoms with Crippen molar-refractivity contribution in [1.82, 2.24) is 0 Å². The van der Waals surface area contributed by atoms with Gasteiger partial charge in [-0.15, -0.1) is 0 Å². The Morgan fingerprint density at radius 2 is 2.38 bits per heavy atom. The Balaban J connectivity index is 2.73. The zero-order chi connectivity index (χ0) is 9.68. The standard InChI is InChI=1S/C8H11NO3S/c1-2-12-8-5-3-4-7(6-8)9-13(10)11/h3-6,9H,2H2,1H3,(H,10,11)/p-1. The lowest BCUT2D eigenvalue weighted by Crippen LogP contribution is -2.02. The first kappa shape index (κ1) is 10.0. The Kier molecular flexibility index (Phi) is 3.72. The van der Waals surface area contributed by atoms with E-state index in [1.807, 2.05) is 6.92 Å². The molecule has 4 nitrogen and oxygen atoms in total. The second-order valence-electron chi connectivity index (χ2n) is 2.30. The average molecular weight is 200 g/mol. The van der Waals surface area contributed by atoms with Crippen molar-refractivity contribution in [2.24, 2.45) is 0 Å². The van der Waals surface area contributed by atoms with Crippen LogP contribution in [-0.4, -0.2) is 15.4 Å². The SMILES string of the molecule is CCOc1cccc(NS(=O)[O-])c1. The highest BCUT2D eigenvalue weighted by atomic mass is 32.2. The van der Waals surface area contributed by atoms with Crippen LogP contribution in [0.4, 0.5) is 5.69 Å². The van der Waals surface area contributed by atoms with Crippen LogP contribution in [0.15, 0.2) is 24.3 Å². The second kappa shape index (κ2) is 4.84. The summed E-state index contributed by atoms with van der Waals surface area (Å²) in [6.07, 6.45) is 0. The minimum absolute atomic E-state index is 0.499. The number of nitrogens with one attached hydrogen (secondary N) is 1. The Labute approximate surface area is 79.3 Å². The zero-order valence-corrected chi connectivity index (χ0v) is 7.97. The predicted molar refractivity (Wildman–Crippen MR) is 50.2 cm³/mol. The fourth-order valence-electron chi connectivity index (χ4n) is 0.912. The molecule has 0 amide bonds. The molecule has 72 valence electrons. The molecular formula is C8H10NO3S-. The largest absolute Gasteiger partial charge is 0.755 e. The average Bonchev–Trinajstić information content (AvgIpc) is 2.04. The van der Waals surface area contributed by atoms with Crippen LogP contribution in [0, 0.1) is 0 Å². The molecule has 1 rings (SSSR count). The molecule has 13 heavy (non-hydrogen) atoms. The van der Waals surface area contributed by atoms with Crippen LogP contribution in [-0.2, 0) is 11.3 Å². The molecule has 1 aromatic rings. The molecule has 0 bridgehead atoms. The molecule has 1 aromatic carbocycles. The number of rotatable bonds is 4. The summed E-state index contributed by atoms with van der Waals surface area (Å²) in [7, 11) is 0. The fourth-order valence-corrected chi connectivity index (χ4v) is 1.23. The molecule has 0 heterocycles. The monoisotopic (exact) mass is 200 g/mol. The normalized spacial score (nSPS) is 12.2. The Bertz CT molecular complexity index is 303. The molecule has 5 heteroatoms. The molecule has 0 fully saturated rings. The number of hydrogen-bond donors (Lipinski definition) is 1. The smallest absolute Gasteiger partial charge is 0.121 e. The summed E-state index contributed by atoms with van der Waals surface area (Å²) in [4.78, 5) is 0. The van der Waals surface area contributed by atoms with E-state index in [1.54, 1.807) is 24.3 Å². The molecule has 0 aromatic heterocycles. The maximum Gasteiger partial charge on any atom is 0.121 e. The van der Waals surface area contributed by atoms with Gasteiger partial charge in [-0.3, -0.25) is 4.21 Å². The van der Waals surface area contributed by atoms with E-state index in [9.17, 15) is 8.76 Å². The molecule has 0 radical (unpaired) electrons. The van der Waals surface area contributed by atoms with Gasteiger partial charge in [-0.2, -0.15) is 0 Å². The zero-order valence-electron chi connectivity index (χ0n) is 7.15. The summed E-state index contributed by atoms with van der Waals surface area (Å²) in [6.45, 7) is 2.43. The van der Waals surface area contributed by atoms with Gasteiger partial charge in [0, 0.05) is 23.0 Å². The van der Waals surface area contributed by atoms with Crippen molar-refractivity contribution in [3.8, 4) is 5.75 Å². The van der Waals surface area contributed by atoms with Crippen LogP contribution < -0.4 is 9.46 Å².